The summed E-state index contributed by atoms with van der Waals surface area (Å²) in [6, 6.07) is 0. The molecule has 0 aromatic rings. The van der Waals surface area contributed by atoms with Gasteiger partial charge in [0.2, 0.25) is 0 Å². The van der Waals surface area contributed by atoms with Crippen molar-refractivity contribution in [2.75, 3.05) is 0 Å². The number of hydrogen-bond donors (Lipinski definition) is 1. The van der Waals surface area contributed by atoms with Crippen LogP contribution in [0.5, 0.6) is 0 Å². The van der Waals surface area contributed by atoms with Crippen molar-refractivity contribution in [1.82, 2.24) is 5.06 Å². The highest BCUT2D eigenvalue weighted by atomic mass is 16.7. The minimum absolute atomic E-state index is 0.0730. The molecule has 16 heavy (non-hydrogen) atoms. The lowest BCUT2D eigenvalue weighted by Crippen LogP contribution is -2.33. The third kappa shape index (κ3) is 3.30. The molecule has 1 N–H and O–H groups in total. The molecular weight excluding hydrogens is 214 g/mol. The topological polar surface area (TPSA) is 83.9 Å². The van der Waals surface area contributed by atoms with E-state index in [1.165, 1.54) is 0 Å². The predicted molar refractivity (Wildman–Crippen MR) is 52.7 cm³/mol. The summed E-state index contributed by atoms with van der Waals surface area (Å²) in [5.74, 6) is -1.78. The van der Waals surface area contributed by atoms with Crippen LogP contribution in [0.15, 0.2) is 0 Å². The molecule has 1 rings (SSSR count). The molecule has 0 saturated carbocycles. The Bertz CT molecular complexity index is 286. The number of imide groups is 1. The lowest BCUT2D eigenvalue weighted by atomic mass is 10.1. The molecule has 1 heterocycles. The summed E-state index contributed by atoms with van der Waals surface area (Å²) in [6.07, 6.45) is 0.385. The SMILES string of the molecule is CCCC(O)CC(=O)ON1C(=O)CCC1=O. The van der Waals surface area contributed by atoms with Gasteiger partial charge in [-0.3, -0.25) is 9.59 Å². The molecule has 6 heteroatoms. The van der Waals surface area contributed by atoms with E-state index in [1.54, 1.807) is 0 Å². The minimum Gasteiger partial charge on any atom is -0.393 e. The molecule has 1 aliphatic heterocycles. The molecule has 0 aliphatic carbocycles. The number of amides is 2. The van der Waals surface area contributed by atoms with Crippen molar-refractivity contribution in [1.29, 1.82) is 0 Å². The third-order valence-corrected chi connectivity index (χ3v) is 2.22. The Labute approximate surface area is 93.1 Å². The Balaban J connectivity index is 2.39. The number of nitrogens with zero attached hydrogens (tertiary/aromatic N) is 1. The lowest BCUT2D eigenvalue weighted by Gasteiger charge is -2.14. The second-order valence-corrected chi connectivity index (χ2v) is 3.69. The van der Waals surface area contributed by atoms with E-state index in [-0.39, 0.29) is 19.3 Å². The summed E-state index contributed by atoms with van der Waals surface area (Å²) in [5, 5.41) is 9.82. The van der Waals surface area contributed by atoms with E-state index in [0.29, 0.717) is 11.5 Å². The second kappa shape index (κ2) is 5.60. The smallest absolute Gasteiger partial charge is 0.335 e. The molecule has 0 aromatic carbocycles. The summed E-state index contributed by atoms with van der Waals surface area (Å²) >= 11 is 0. The Kier molecular flexibility index (Phi) is 4.42. The van der Waals surface area contributed by atoms with Gasteiger partial charge in [-0.2, -0.15) is 0 Å². The van der Waals surface area contributed by atoms with E-state index in [4.69, 9.17) is 0 Å². The van der Waals surface area contributed by atoms with Crippen LogP contribution in [-0.2, 0) is 19.2 Å². The summed E-state index contributed by atoms with van der Waals surface area (Å²) in [4.78, 5) is 38.0. The van der Waals surface area contributed by atoms with Crippen LogP contribution >= 0.6 is 0 Å². The first-order valence-corrected chi connectivity index (χ1v) is 5.29. The first-order chi connectivity index (χ1) is 7.54. The van der Waals surface area contributed by atoms with Crippen molar-refractivity contribution in [3.05, 3.63) is 0 Å². The molecule has 1 aliphatic rings. The van der Waals surface area contributed by atoms with Gasteiger partial charge in [-0.15, -0.1) is 5.06 Å². The van der Waals surface area contributed by atoms with E-state index in [9.17, 15) is 19.5 Å². The zero-order chi connectivity index (χ0) is 12.1. The van der Waals surface area contributed by atoms with Crippen LogP contribution < -0.4 is 0 Å². The molecule has 2 amide bonds. The van der Waals surface area contributed by atoms with Gasteiger partial charge in [-0.05, 0) is 6.42 Å². The molecule has 1 atom stereocenters. The zero-order valence-electron chi connectivity index (χ0n) is 9.14. The van der Waals surface area contributed by atoms with Gasteiger partial charge in [0.15, 0.2) is 0 Å². The maximum atomic E-state index is 11.2. The number of carbonyl (C=O) groups is 3. The van der Waals surface area contributed by atoms with E-state index in [0.717, 1.165) is 6.42 Å². The van der Waals surface area contributed by atoms with Gasteiger partial charge in [0.25, 0.3) is 11.8 Å². The van der Waals surface area contributed by atoms with Crippen molar-refractivity contribution >= 4 is 17.8 Å². The molecule has 1 saturated heterocycles. The Morgan fingerprint density at radius 3 is 2.50 bits per heavy atom. The molecular formula is C10H15NO5. The average molecular weight is 229 g/mol. The van der Waals surface area contributed by atoms with E-state index >= 15 is 0 Å². The molecule has 1 unspecified atom stereocenters. The van der Waals surface area contributed by atoms with Crippen molar-refractivity contribution < 1.29 is 24.3 Å². The zero-order valence-corrected chi connectivity index (χ0v) is 9.14. The maximum absolute atomic E-state index is 11.2. The highest BCUT2D eigenvalue weighted by molar-refractivity contribution is 6.01. The first-order valence-electron chi connectivity index (χ1n) is 5.29. The number of rotatable bonds is 5. The van der Waals surface area contributed by atoms with E-state index in [2.05, 4.69) is 4.84 Å². The average Bonchev–Trinajstić information content (AvgIpc) is 2.49. The number of aliphatic hydroxyl groups excluding tert-OH is 1. The number of hydroxylamine groups is 2. The Hall–Kier alpha value is -1.43. The summed E-state index contributed by atoms with van der Waals surface area (Å²) in [5.41, 5.74) is 0. The van der Waals surface area contributed by atoms with Crippen LogP contribution in [0.3, 0.4) is 0 Å². The van der Waals surface area contributed by atoms with E-state index in [1.807, 2.05) is 6.92 Å². The summed E-state index contributed by atoms with van der Waals surface area (Å²) in [6.45, 7) is 1.88. The van der Waals surface area contributed by atoms with Gasteiger partial charge in [0, 0.05) is 12.8 Å². The third-order valence-electron chi connectivity index (χ3n) is 2.22. The number of hydrogen-bond acceptors (Lipinski definition) is 5. The standard InChI is InChI=1S/C10H15NO5/c1-2-3-7(12)6-10(15)16-11-8(13)4-5-9(11)14/h7,12H,2-6H2,1H3. The fourth-order valence-electron chi connectivity index (χ4n) is 1.42. The summed E-state index contributed by atoms with van der Waals surface area (Å²) in [7, 11) is 0. The first kappa shape index (κ1) is 12.6. The Morgan fingerprint density at radius 1 is 1.44 bits per heavy atom. The quantitative estimate of drug-likeness (QED) is 0.678. The van der Waals surface area contributed by atoms with Gasteiger partial charge in [0.1, 0.15) is 0 Å². The van der Waals surface area contributed by atoms with Crippen LogP contribution in [-0.4, -0.2) is 34.1 Å². The minimum atomic E-state index is -0.787. The molecule has 1 fully saturated rings. The maximum Gasteiger partial charge on any atom is 0.335 e. The van der Waals surface area contributed by atoms with Crippen molar-refractivity contribution in [2.24, 2.45) is 0 Å². The highest BCUT2D eigenvalue weighted by Crippen LogP contribution is 2.13. The molecule has 0 spiro atoms. The van der Waals surface area contributed by atoms with Crippen LogP contribution in [0.2, 0.25) is 0 Å². The molecule has 0 aromatic heterocycles. The van der Waals surface area contributed by atoms with E-state index < -0.39 is 23.9 Å². The molecule has 0 radical (unpaired) electrons. The van der Waals surface area contributed by atoms with Crippen LogP contribution in [0.4, 0.5) is 0 Å². The van der Waals surface area contributed by atoms with Crippen LogP contribution in [0.1, 0.15) is 39.0 Å². The van der Waals surface area contributed by atoms with Crippen molar-refractivity contribution in [3.8, 4) is 0 Å². The van der Waals surface area contributed by atoms with Gasteiger partial charge in [-0.1, -0.05) is 13.3 Å². The fourth-order valence-corrected chi connectivity index (χ4v) is 1.42. The molecule has 0 bridgehead atoms. The summed E-state index contributed by atoms with van der Waals surface area (Å²) < 4.78 is 0. The largest absolute Gasteiger partial charge is 0.393 e. The highest BCUT2D eigenvalue weighted by Gasteiger charge is 2.33. The predicted octanol–water partition coefficient (Wildman–Crippen LogP) is 0.145. The van der Waals surface area contributed by atoms with Gasteiger partial charge >= 0.3 is 5.97 Å². The normalized spacial score (nSPS) is 17.8. The van der Waals surface area contributed by atoms with Crippen LogP contribution in [0.25, 0.3) is 0 Å². The lowest BCUT2D eigenvalue weighted by molar-refractivity contribution is -0.198. The fraction of sp³-hybridized carbons (Fsp3) is 0.700. The molecule has 90 valence electrons. The molecule has 6 nitrogen and oxygen atoms in total. The second-order valence-electron chi connectivity index (χ2n) is 3.69. The van der Waals surface area contributed by atoms with Crippen molar-refractivity contribution in [2.45, 2.75) is 45.1 Å². The van der Waals surface area contributed by atoms with Crippen LogP contribution in [0, 0.1) is 0 Å². The number of aliphatic hydroxyl groups is 1. The number of carbonyl (C=O) groups excluding carboxylic acids is 3. The van der Waals surface area contributed by atoms with Gasteiger partial charge in [0.05, 0.1) is 12.5 Å². The van der Waals surface area contributed by atoms with Crippen molar-refractivity contribution in [3.63, 3.8) is 0 Å². The van der Waals surface area contributed by atoms with Gasteiger partial charge < -0.3 is 9.94 Å². The monoisotopic (exact) mass is 229 g/mol. The van der Waals surface area contributed by atoms with Gasteiger partial charge in [-0.25, -0.2) is 4.79 Å². The Morgan fingerprint density at radius 2 is 2.00 bits per heavy atom.